The number of rotatable bonds is 5. The van der Waals surface area contributed by atoms with Gasteiger partial charge in [0.1, 0.15) is 29.4 Å². The average Bonchev–Trinajstić information content (AvgIpc) is 3.34. The van der Waals surface area contributed by atoms with Crippen molar-refractivity contribution in [2.24, 2.45) is 5.92 Å². The molecule has 154 valence electrons. The molecule has 10 heteroatoms. The van der Waals surface area contributed by atoms with Crippen LogP contribution in [0.2, 0.25) is 0 Å². The van der Waals surface area contributed by atoms with Crippen molar-refractivity contribution < 1.29 is 18.8 Å². The van der Waals surface area contributed by atoms with Crippen molar-refractivity contribution >= 4 is 40.0 Å². The number of anilines is 1. The number of carbonyl (C=O) groups is 3. The van der Waals surface area contributed by atoms with Crippen molar-refractivity contribution in [2.75, 3.05) is 11.9 Å². The van der Waals surface area contributed by atoms with Gasteiger partial charge in [0.05, 0.1) is 0 Å². The zero-order valence-electron chi connectivity index (χ0n) is 16.0. The molecule has 2 fully saturated rings. The van der Waals surface area contributed by atoms with E-state index in [2.05, 4.69) is 15.6 Å². The zero-order valence-corrected chi connectivity index (χ0v) is 16.8. The Morgan fingerprint density at radius 3 is 2.77 bits per heavy atom. The maximum absolute atomic E-state index is 13.3. The topological polar surface area (TPSA) is 95.8 Å². The van der Waals surface area contributed by atoms with Gasteiger partial charge in [-0.25, -0.2) is 14.2 Å². The molecule has 1 unspecified atom stereocenters. The molecule has 2 N–H and O–H groups in total. The Morgan fingerprint density at radius 2 is 2.07 bits per heavy atom. The van der Waals surface area contributed by atoms with Crippen LogP contribution in [0.1, 0.15) is 19.8 Å². The molecule has 0 radical (unpaired) electrons. The van der Waals surface area contributed by atoms with E-state index in [4.69, 9.17) is 0 Å². The predicted octanol–water partition coefficient (Wildman–Crippen LogP) is 2.86. The molecule has 1 saturated carbocycles. The summed E-state index contributed by atoms with van der Waals surface area (Å²) in [7, 11) is 0. The SMILES string of the molecule is CC1(C2CC2)NC(=O)N(CC(=O)Nc2c(-c3ccc(F)cc3)nc3sccn23)C1=O. The van der Waals surface area contributed by atoms with E-state index in [1.807, 2.05) is 5.38 Å². The fraction of sp³-hybridized carbons (Fsp3) is 0.300. The predicted molar refractivity (Wildman–Crippen MR) is 108 cm³/mol. The number of amides is 4. The average molecular weight is 427 g/mol. The Morgan fingerprint density at radius 1 is 1.33 bits per heavy atom. The van der Waals surface area contributed by atoms with Crippen LogP contribution in [0.5, 0.6) is 0 Å². The maximum Gasteiger partial charge on any atom is 0.325 e. The molecule has 1 saturated heterocycles. The lowest BCUT2D eigenvalue weighted by atomic mass is 9.96. The van der Waals surface area contributed by atoms with Crippen LogP contribution >= 0.6 is 11.3 Å². The fourth-order valence-electron chi connectivity index (χ4n) is 3.83. The lowest BCUT2D eigenvalue weighted by Gasteiger charge is -2.20. The number of fused-ring (bicyclic) bond motifs is 1. The highest BCUT2D eigenvalue weighted by Gasteiger charge is 2.56. The van der Waals surface area contributed by atoms with Crippen LogP contribution in [0.4, 0.5) is 15.0 Å². The zero-order chi connectivity index (χ0) is 21.0. The lowest BCUT2D eigenvalue weighted by molar-refractivity contribution is -0.134. The number of hydrogen-bond acceptors (Lipinski definition) is 5. The van der Waals surface area contributed by atoms with E-state index in [-0.39, 0.29) is 17.6 Å². The van der Waals surface area contributed by atoms with E-state index in [0.717, 1.165) is 17.7 Å². The maximum atomic E-state index is 13.3. The molecular formula is C20H18FN5O3S. The first-order chi connectivity index (χ1) is 14.4. The van der Waals surface area contributed by atoms with Gasteiger partial charge in [0, 0.05) is 17.1 Å². The second-order valence-corrected chi connectivity index (χ2v) is 8.59. The van der Waals surface area contributed by atoms with Gasteiger partial charge in [0.15, 0.2) is 4.96 Å². The summed E-state index contributed by atoms with van der Waals surface area (Å²) in [6.07, 6.45) is 3.53. The molecule has 2 aromatic heterocycles. The molecule has 4 amide bonds. The summed E-state index contributed by atoms with van der Waals surface area (Å²) >= 11 is 1.39. The molecular weight excluding hydrogens is 409 g/mol. The van der Waals surface area contributed by atoms with Gasteiger partial charge < -0.3 is 10.6 Å². The van der Waals surface area contributed by atoms with E-state index in [1.165, 1.54) is 23.5 Å². The normalized spacial score (nSPS) is 21.3. The van der Waals surface area contributed by atoms with Crippen molar-refractivity contribution in [3.05, 3.63) is 41.7 Å². The first-order valence-corrected chi connectivity index (χ1v) is 10.4. The molecule has 0 spiro atoms. The monoisotopic (exact) mass is 427 g/mol. The molecule has 1 aromatic carbocycles. The van der Waals surface area contributed by atoms with Gasteiger partial charge in [-0.05, 0) is 49.9 Å². The van der Waals surface area contributed by atoms with Gasteiger partial charge >= 0.3 is 6.03 Å². The number of aromatic nitrogens is 2. The van der Waals surface area contributed by atoms with Gasteiger partial charge in [-0.15, -0.1) is 11.3 Å². The van der Waals surface area contributed by atoms with E-state index in [0.29, 0.717) is 22.0 Å². The molecule has 0 bridgehead atoms. The summed E-state index contributed by atoms with van der Waals surface area (Å²) < 4.78 is 15.0. The minimum absolute atomic E-state index is 0.118. The van der Waals surface area contributed by atoms with Gasteiger partial charge in [-0.1, -0.05) is 0 Å². The van der Waals surface area contributed by atoms with E-state index in [9.17, 15) is 18.8 Å². The van der Waals surface area contributed by atoms with Gasteiger partial charge in [0.2, 0.25) is 5.91 Å². The molecule has 30 heavy (non-hydrogen) atoms. The second-order valence-electron chi connectivity index (χ2n) is 7.72. The Balaban J connectivity index is 1.40. The Kier molecular flexibility index (Phi) is 4.14. The van der Waals surface area contributed by atoms with Crippen molar-refractivity contribution in [1.82, 2.24) is 19.6 Å². The number of hydrogen-bond donors (Lipinski definition) is 2. The minimum atomic E-state index is -0.937. The summed E-state index contributed by atoms with van der Waals surface area (Å²) in [5.41, 5.74) is 0.183. The summed E-state index contributed by atoms with van der Waals surface area (Å²) in [4.78, 5) is 44.0. The lowest BCUT2D eigenvalue weighted by Crippen LogP contribution is -2.46. The molecule has 1 aliphatic carbocycles. The van der Waals surface area contributed by atoms with E-state index < -0.39 is 24.0 Å². The molecule has 5 rings (SSSR count). The number of carbonyl (C=O) groups excluding carboxylic acids is 3. The number of nitrogens with zero attached hydrogens (tertiary/aromatic N) is 3. The van der Waals surface area contributed by atoms with Crippen molar-refractivity contribution in [2.45, 2.75) is 25.3 Å². The third-order valence-electron chi connectivity index (χ3n) is 5.63. The molecule has 3 aromatic rings. The van der Waals surface area contributed by atoms with Crippen molar-refractivity contribution in [3.63, 3.8) is 0 Å². The number of benzene rings is 1. The largest absolute Gasteiger partial charge is 0.325 e. The quantitative estimate of drug-likeness (QED) is 0.612. The number of halogens is 1. The Hall–Kier alpha value is -3.27. The van der Waals surface area contributed by atoms with Crippen molar-refractivity contribution in [3.8, 4) is 11.3 Å². The smallest absolute Gasteiger partial charge is 0.323 e. The standard InChI is InChI=1S/C20H18FN5O3S/c1-20(12-4-5-12)17(28)26(18(29)24-20)10-14(27)22-16-15(11-2-6-13(21)7-3-11)23-19-25(16)8-9-30-19/h2-3,6-9,12H,4-5,10H2,1H3,(H,22,27)(H,24,29). The van der Waals surface area contributed by atoms with Crippen LogP contribution in [0.3, 0.4) is 0 Å². The van der Waals surface area contributed by atoms with Crippen LogP contribution < -0.4 is 10.6 Å². The summed E-state index contributed by atoms with van der Waals surface area (Å²) in [6, 6.07) is 5.24. The van der Waals surface area contributed by atoms with Crippen LogP contribution in [-0.2, 0) is 9.59 Å². The second kappa shape index (κ2) is 6.63. The first-order valence-electron chi connectivity index (χ1n) is 9.52. The number of urea groups is 1. The van der Waals surface area contributed by atoms with Crippen LogP contribution in [0, 0.1) is 11.7 Å². The van der Waals surface area contributed by atoms with Gasteiger partial charge in [-0.3, -0.25) is 18.9 Å². The third-order valence-corrected chi connectivity index (χ3v) is 6.39. The highest BCUT2D eigenvalue weighted by molar-refractivity contribution is 7.15. The molecule has 2 aliphatic rings. The van der Waals surface area contributed by atoms with Crippen LogP contribution in [0.25, 0.3) is 16.2 Å². The Bertz CT molecular complexity index is 1180. The highest BCUT2D eigenvalue weighted by atomic mass is 32.1. The van der Waals surface area contributed by atoms with E-state index in [1.54, 1.807) is 29.7 Å². The summed E-state index contributed by atoms with van der Waals surface area (Å²) in [6.45, 7) is 1.31. The molecule has 8 nitrogen and oxygen atoms in total. The first kappa shape index (κ1) is 18.7. The Labute approximate surface area is 174 Å². The van der Waals surface area contributed by atoms with Gasteiger partial charge in [-0.2, -0.15) is 0 Å². The summed E-state index contributed by atoms with van der Waals surface area (Å²) in [5.74, 6) is -0.748. The van der Waals surface area contributed by atoms with E-state index >= 15 is 0 Å². The number of imidazole rings is 1. The fourth-order valence-corrected chi connectivity index (χ4v) is 4.54. The van der Waals surface area contributed by atoms with Crippen LogP contribution in [0.15, 0.2) is 35.8 Å². The third kappa shape index (κ3) is 2.95. The molecule has 3 heterocycles. The summed E-state index contributed by atoms with van der Waals surface area (Å²) in [5, 5.41) is 7.33. The molecule has 1 aliphatic heterocycles. The number of nitrogens with one attached hydrogen (secondary N) is 2. The van der Waals surface area contributed by atoms with Crippen molar-refractivity contribution in [1.29, 1.82) is 0 Å². The van der Waals surface area contributed by atoms with Crippen LogP contribution in [-0.4, -0.2) is 44.2 Å². The molecule has 1 atom stereocenters. The van der Waals surface area contributed by atoms with Gasteiger partial charge in [0.25, 0.3) is 5.91 Å². The number of imide groups is 1. The number of thiazole rings is 1. The minimum Gasteiger partial charge on any atom is -0.323 e. The highest BCUT2D eigenvalue weighted by Crippen LogP contribution is 2.42.